The summed E-state index contributed by atoms with van der Waals surface area (Å²) < 4.78 is 0. The Kier molecular flexibility index (Phi) is 8.94. The van der Waals surface area contributed by atoms with Crippen LogP contribution in [0, 0.1) is 0 Å². The molecule has 144 valence electrons. The Hall–Kier alpha value is -1.73. The van der Waals surface area contributed by atoms with Gasteiger partial charge >= 0.3 is 0 Å². The molecule has 2 aromatic rings. The molecule has 27 heavy (non-hydrogen) atoms. The fourth-order valence-corrected chi connectivity index (χ4v) is 3.17. The second kappa shape index (κ2) is 11.2. The Balaban J connectivity index is 0.00000261. The van der Waals surface area contributed by atoms with Gasteiger partial charge in [0, 0.05) is 43.9 Å². The Morgan fingerprint density at radius 3 is 2.41 bits per heavy atom. The lowest BCUT2D eigenvalue weighted by Gasteiger charge is -2.18. The maximum Gasteiger partial charge on any atom is 0.191 e. The van der Waals surface area contributed by atoms with Gasteiger partial charge in [0.1, 0.15) is 0 Å². The van der Waals surface area contributed by atoms with Gasteiger partial charge in [-0.25, -0.2) is 0 Å². The highest BCUT2D eigenvalue weighted by Gasteiger charge is 2.07. The van der Waals surface area contributed by atoms with Crippen molar-refractivity contribution >= 4 is 47.2 Å². The van der Waals surface area contributed by atoms with Crippen molar-refractivity contribution in [2.24, 2.45) is 4.99 Å². The van der Waals surface area contributed by atoms with E-state index in [-0.39, 0.29) is 24.0 Å². The summed E-state index contributed by atoms with van der Waals surface area (Å²) >= 11 is 6.19. The van der Waals surface area contributed by atoms with Crippen LogP contribution >= 0.6 is 35.6 Å². The fourth-order valence-electron chi connectivity index (χ4n) is 2.94. The molecule has 0 atom stereocenters. The average Bonchev–Trinajstić information content (AvgIpc) is 3.21. The van der Waals surface area contributed by atoms with Gasteiger partial charge in [-0.3, -0.25) is 4.99 Å². The number of benzene rings is 2. The molecule has 1 aliphatic rings. The molecule has 0 radical (unpaired) electrons. The monoisotopic (exact) mass is 496 g/mol. The summed E-state index contributed by atoms with van der Waals surface area (Å²) in [5.41, 5.74) is 3.64. The van der Waals surface area contributed by atoms with Crippen molar-refractivity contribution in [3.63, 3.8) is 0 Å². The van der Waals surface area contributed by atoms with Crippen LogP contribution in [-0.4, -0.2) is 32.6 Å². The van der Waals surface area contributed by atoms with Gasteiger partial charge in [0.2, 0.25) is 0 Å². The summed E-state index contributed by atoms with van der Waals surface area (Å²) in [4.78, 5) is 6.62. The molecule has 0 saturated carbocycles. The smallest absolute Gasteiger partial charge is 0.191 e. The van der Waals surface area contributed by atoms with E-state index in [1.54, 1.807) is 7.05 Å². The minimum atomic E-state index is 0. The minimum Gasteiger partial charge on any atom is -0.364 e. The molecule has 1 heterocycles. The van der Waals surface area contributed by atoms with E-state index >= 15 is 0 Å². The van der Waals surface area contributed by atoms with E-state index in [0.29, 0.717) is 0 Å². The summed E-state index contributed by atoms with van der Waals surface area (Å²) in [5, 5.41) is 7.50. The van der Waals surface area contributed by atoms with Crippen molar-refractivity contribution in [1.29, 1.82) is 0 Å². The number of hydrogen-bond donors (Lipinski definition) is 2. The van der Waals surface area contributed by atoms with Crippen molar-refractivity contribution in [3.05, 3.63) is 76.8 Å². The topological polar surface area (TPSA) is 39.7 Å². The molecule has 2 aromatic carbocycles. The molecule has 0 bridgehead atoms. The van der Waals surface area contributed by atoms with E-state index in [2.05, 4.69) is 63.0 Å². The molecule has 0 amide bonds. The highest BCUT2D eigenvalue weighted by Crippen LogP contribution is 2.17. The predicted molar refractivity (Wildman–Crippen MR) is 127 cm³/mol. The number of rotatable bonds is 6. The number of guanidine groups is 1. The van der Waals surface area contributed by atoms with Crippen LogP contribution in [0.5, 0.6) is 0 Å². The van der Waals surface area contributed by atoms with Gasteiger partial charge in [-0.05, 0) is 35.7 Å². The average molecular weight is 497 g/mol. The Labute approximate surface area is 183 Å². The van der Waals surface area contributed by atoms with Crippen LogP contribution in [0.3, 0.4) is 0 Å². The van der Waals surface area contributed by atoms with Crippen LogP contribution in [0.15, 0.2) is 65.7 Å². The standard InChI is InChI=1S/C21H25ClN4.HI/c1-23-21(24-13-12-18-6-2-3-7-20(18)22)25-16-17-8-10-19(11-9-17)26-14-4-5-15-26;/h2-11H,12-16H2,1H3,(H2,23,24,25);1H. The predicted octanol–water partition coefficient (Wildman–Crippen LogP) is 4.24. The van der Waals surface area contributed by atoms with Crippen molar-refractivity contribution in [2.45, 2.75) is 13.0 Å². The van der Waals surface area contributed by atoms with Gasteiger partial charge in [0.15, 0.2) is 5.96 Å². The molecule has 6 heteroatoms. The molecule has 0 saturated heterocycles. The molecule has 0 unspecified atom stereocenters. The third-order valence-corrected chi connectivity index (χ3v) is 4.82. The first-order valence-corrected chi connectivity index (χ1v) is 9.31. The quantitative estimate of drug-likeness (QED) is 0.272. The molecule has 0 aliphatic carbocycles. The van der Waals surface area contributed by atoms with Gasteiger partial charge in [0.05, 0.1) is 0 Å². The zero-order valence-electron chi connectivity index (χ0n) is 15.5. The van der Waals surface area contributed by atoms with Gasteiger partial charge in [-0.15, -0.1) is 24.0 Å². The number of halogens is 2. The zero-order valence-corrected chi connectivity index (χ0v) is 18.6. The SMILES string of the molecule is CN=C(NCCc1ccccc1Cl)NCc1ccc(N2CC=CC2)cc1.I. The van der Waals surface area contributed by atoms with Gasteiger partial charge in [-0.1, -0.05) is 54.1 Å². The molecule has 1 aliphatic heterocycles. The van der Waals surface area contributed by atoms with Crippen LogP contribution in [0.1, 0.15) is 11.1 Å². The third kappa shape index (κ3) is 6.43. The van der Waals surface area contributed by atoms with Gasteiger partial charge in [0.25, 0.3) is 0 Å². The van der Waals surface area contributed by atoms with Crippen LogP contribution in [-0.2, 0) is 13.0 Å². The van der Waals surface area contributed by atoms with Gasteiger partial charge in [-0.2, -0.15) is 0 Å². The first kappa shape index (κ1) is 21.6. The lowest BCUT2D eigenvalue weighted by Crippen LogP contribution is -2.37. The van der Waals surface area contributed by atoms with Crippen molar-refractivity contribution < 1.29 is 0 Å². The normalized spacial score (nSPS) is 13.4. The molecular formula is C21H26ClIN4. The van der Waals surface area contributed by atoms with Crippen LogP contribution in [0.25, 0.3) is 0 Å². The third-order valence-electron chi connectivity index (χ3n) is 4.45. The van der Waals surface area contributed by atoms with Crippen LogP contribution in [0.4, 0.5) is 5.69 Å². The molecule has 0 fully saturated rings. The number of nitrogens with one attached hydrogen (secondary N) is 2. The number of nitrogens with zero attached hydrogens (tertiary/aromatic N) is 2. The number of aliphatic imine (C=N–C) groups is 1. The number of anilines is 1. The first-order valence-electron chi connectivity index (χ1n) is 8.93. The second-order valence-corrected chi connectivity index (χ2v) is 6.64. The maximum absolute atomic E-state index is 6.19. The largest absolute Gasteiger partial charge is 0.364 e. The lowest BCUT2D eigenvalue weighted by atomic mass is 10.1. The van der Waals surface area contributed by atoms with E-state index in [9.17, 15) is 0 Å². The van der Waals surface area contributed by atoms with E-state index in [1.165, 1.54) is 11.3 Å². The summed E-state index contributed by atoms with van der Waals surface area (Å²) in [7, 11) is 1.79. The van der Waals surface area contributed by atoms with Crippen molar-refractivity contribution in [2.75, 3.05) is 31.6 Å². The van der Waals surface area contributed by atoms with Crippen LogP contribution in [0.2, 0.25) is 5.02 Å². The second-order valence-electron chi connectivity index (χ2n) is 6.24. The molecular weight excluding hydrogens is 471 g/mol. The maximum atomic E-state index is 6.19. The Morgan fingerprint density at radius 1 is 1.04 bits per heavy atom. The van der Waals surface area contributed by atoms with E-state index in [1.807, 2.05) is 18.2 Å². The zero-order chi connectivity index (χ0) is 18.2. The van der Waals surface area contributed by atoms with Crippen molar-refractivity contribution in [3.8, 4) is 0 Å². The highest BCUT2D eigenvalue weighted by molar-refractivity contribution is 14.0. The Morgan fingerprint density at radius 2 is 1.74 bits per heavy atom. The lowest BCUT2D eigenvalue weighted by molar-refractivity contribution is 0.794. The van der Waals surface area contributed by atoms with Crippen molar-refractivity contribution in [1.82, 2.24) is 10.6 Å². The molecule has 0 spiro atoms. The summed E-state index contributed by atoms with van der Waals surface area (Å²) in [5.74, 6) is 0.796. The van der Waals surface area contributed by atoms with Gasteiger partial charge < -0.3 is 15.5 Å². The fraction of sp³-hybridized carbons (Fsp3) is 0.286. The molecule has 3 rings (SSSR count). The summed E-state index contributed by atoms with van der Waals surface area (Å²) in [6, 6.07) is 16.6. The molecule has 2 N–H and O–H groups in total. The summed E-state index contributed by atoms with van der Waals surface area (Å²) in [6.07, 6.45) is 5.26. The molecule has 4 nitrogen and oxygen atoms in total. The van der Waals surface area contributed by atoms with Crippen LogP contribution < -0.4 is 15.5 Å². The Bertz CT molecular complexity index is 766. The van der Waals surface area contributed by atoms with E-state index in [0.717, 1.165) is 49.1 Å². The number of hydrogen-bond acceptors (Lipinski definition) is 2. The summed E-state index contributed by atoms with van der Waals surface area (Å²) in [6.45, 7) is 3.52. The highest BCUT2D eigenvalue weighted by atomic mass is 127. The first-order chi connectivity index (χ1) is 12.8. The molecule has 0 aromatic heterocycles. The van der Waals surface area contributed by atoms with E-state index < -0.39 is 0 Å². The minimum absolute atomic E-state index is 0. The van der Waals surface area contributed by atoms with E-state index in [4.69, 9.17) is 11.6 Å².